The molecule has 0 bridgehead atoms. The number of aliphatic imine (C=N–C) groups is 6. The number of hydrogen-bond donors (Lipinski definition) is 0. The first-order valence-corrected chi connectivity index (χ1v) is 3.68. The van der Waals surface area contributed by atoms with Crippen molar-refractivity contribution in [2.45, 2.75) is 0 Å². The molecule has 0 aromatic rings. The average molecular weight is 191 g/mol. The molecule has 3 rings (SSSR count). The molecule has 0 aliphatic carbocycles. The Kier molecular flexibility index (Phi) is 1.22. The summed E-state index contributed by atoms with van der Waals surface area (Å²) in [6, 6.07) is 0. The van der Waals surface area contributed by atoms with E-state index in [9.17, 15) is 4.39 Å². The molecule has 0 fully saturated rings. The Hall–Kier alpha value is -2.25. The van der Waals surface area contributed by atoms with Gasteiger partial charge in [0.1, 0.15) is 12.7 Å². The number of nitrogens with zero attached hydrogens (tertiary/aromatic N) is 7. The predicted octanol–water partition coefficient (Wildman–Crippen LogP) is -0.221. The van der Waals surface area contributed by atoms with Crippen LogP contribution in [0.5, 0.6) is 0 Å². The van der Waals surface area contributed by atoms with Crippen molar-refractivity contribution in [3.8, 4) is 0 Å². The summed E-state index contributed by atoms with van der Waals surface area (Å²) in [6.45, 7) is 0. The SMILES string of the molecule is FC1=NC2=NC=NC3=NC=NC(=N1)N32. The van der Waals surface area contributed by atoms with Crippen molar-refractivity contribution in [1.29, 1.82) is 0 Å². The van der Waals surface area contributed by atoms with E-state index in [2.05, 4.69) is 30.0 Å². The maximum atomic E-state index is 12.8. The van der Waals surface area contributed by atoms with Gasteiger partial charge in [0.25, 0.3) is 0 Å². The van der Waals surface area contributed by atoms with Crippen molar-refractivity contribution < 1.29 is 4.39 Å². The van der Waals surface area contributed by atoms with E-state index in [1.165, 1.54) is 17.6 Å². The third-order valence-corrected chi connectivity index (χ3v) is 1.68. The monoisotopic (exact) mass is 191 g/mol. The van der Waals surface area contributed by atoms with Gasteiger partial charge in [-0.15, -0.1) is 0 Å². The molecule has 68 valence electrons. The quantitative estimate of drug-likeness (QED) is 0.487. The van der Waals surface area contributed by atoms with Crippen LogP contribution in [0.4, 0.5) is 4.39 Å². The number of amidine groups is 1. The zero-order valence-corrected chi connectivity index (χ0v) is 6.66. The second kappa shape index (κ2) is 2.37. The molecular weight excluding hydrogens is 189 g/mol. The highest BCUT2D eigenvalue weighted by molar-refractivity contribution is 6.26. The number of rotatable bonds is 0. The summed E-state index contributed by atoms with van der Waals surface area (Å²) in [5.74, 6) is 0.608. The molecule has 0 aromatic carbocycles. The molecule has 14 heavy (non-hydrogen) atoms. The Morgan fingerprint density at radius 2 is 1.64 bits per heavy atom. The first kappa shape index (κ1) is 7.18. The Morgan fingerprint density at radius 1 is 0.929 bits per heavy atom. The van der Waals surface area contributed by atoms with Gasteiger partial charge in [0.15, 0.2) is 0 Å². The fraction of sp³-hybridized carbons (Fsp3) is 0. The molecule has 7 nitrogen and oxygen atoms in total. The van der Waals surface area contributed by atoms with E-state index >= 15 is 0 Å². The summed E-state index contributed by atoms with van der Waals surface area (Å²) < 4.78 is 12.8. The highest BCUT2D eigenvalue weighted by Crippen LogP contribution is 2.13. The minimum atomic E-state index is -0.872. The summed E-state index contributed by atoms with van der Waals surface area (Å²) in [5.41, 5.74) is 0. The molecule has 0 saturated carbocycles. The van der Waals surface area contributed by atoms with Crippen molar-refractivity contribution in [3.63, 3.8) is 0 Å². The summed E-state index contributed by atoms with van der Waals surface area (Å²) in [5, 5.41) is 0. The fourth-order valence-corrected chi connectivity index (χ4v) is 1.14. The normalized spacial score (nSPS) is 22.2. The second-order valence-electron chi connectivity index (χ2n) is 2.48. The Bertz CT molecular complexity index is 478. The number of guanidine groups is 3. The molecule has 0 saturated heterocycles. The van der Waals surface area contributed by atoms with E-state index in [1.807, 2.05) is 0 Å². The van der Waals surface area contributed by atoms with Gasteiger partial charge in [-0.05, 0) is 0 Å². The lowest BCUT2D eigenvalue weighted by Crippen LogP contribution is -2.45. The molecule has 0 amide bonds. The molecule has 0 aromatic heterocycles. The van der Waals surface area contributed by atoms with Crippen LogP contribution in [0.25, 0.3) is 0 Å². The summed E-state index contributed by atoms with van der Waals surface area (Å²) in [4.78, 5) is 23.6. The maximum Gasteiger partial charge on any atom is 0.315 e. The predicted molar refractivity (Wildman–Crippen MR) is 49.7 cm³/mol. The maximum absolute atomic E-state index is 12.8. The third kappa shape index (κ3) is 0.843. The summed E-state index contributed by atoms with van der Waals surface area (Å²) in [7, 11) is 0. The van der Waals surface area contributed by atoms with Crippen LogP contribution in [-0.2, 0) is 0 Å². The van der Waals surface area contributed by atoms with Gasteiger partial charge in [0, 0.05) is 0 Å². The lowest BCUT2D eigenvalue weighted by molar-refractivity contribution is 0.754. The van der Waals surface area contributed by atoms with Crippen LogP contribution in [0, 0.1) is 0 Å². The topological polar surface area (TPSA) is 77.4 Å². The van der Waals surface area contributed by atoms with Crippen LogP contribution >= 0.6 is 0 Å². The largest absolute Gasteiger partial charge is 0.315 e. The standard InChI is InChI=1S/C6H2FN7/c7-3-12-5-10-1-8-4-9-2-11-6(13-3)14(4)5/h1-2H. The Morgan fingerprint density at radius 3 is 2.50 bits per heavy atom. The van der Waals surface area contributed by atoms with E-state index in [0.717, 1.165) is 0 Å². The zero-order valence-electron chi connectivity index (χ0n) is 6.66. The highest BCUT2D eigenvalue weighted by atomic mass is 19.1. The van der Waals surface area contributed by atoms with Crippen molar-refractivity contribution in [3.05, 3.63) is 0 Å². The summed E-state index contributed by atoms with van der Waals surface area (Å²) >= 11 is 0. The van der Waals surface area contributed by atoms with Crippen molar-refractivity contribution in [1.82, 2.24) is 4.90 Å². The Balaban J connectivity index is 2.23. The van der Waals surface area contributed by atoms with Crippen LogP contribution in [0.15, 0.2) is 30.0 Å². The van der Waals surface area contributed by atoms with E-state index in [4.69, 9.17) is 0 Å². The summed E-state index contributed by atoms with van der Waals surface area (Å²) in [6.07, 6.45) is 1.64. The van der Waals surface area contributed by atoms with Gasteiger partial charge in [-0.1, -0.05) is 0 Å². The van der Waals surface area contributed by atoms with E-state index < -0.39 is 6.09 Å². The molecule has 3 aliphatic rings. The van der Waals surface area contributed by atoms with Gasteiger partial charge in [-0.3, -0.25) is 0 Å². The molecule has 3 heterocycles. The van der Waals surface area contributed by atoms with Gasteiger partial charge in [-0.25, -0.2) is 24.9 Å². The molecule has 3 aliphatic heterocycles. The smallest absolute Gasteiger partial charge is 0.213 e. The Labute approximate surface area is 76.8 Å². The minimum Gasteiger partial charge on any atom is -0.213 e. The molecule has 0 spiro atoms. The highest BCUT2D eigenvalue weighted by Gasteiger charge is 2.30. The minimum absolute atomic E-state index is 0.137. The molecule has 0 N–H and O–H groups in total. The van der Waals surface area contributed by atoms with Crippen molar-refractivity contribution in [2.24, 2.45) is 30.0 Å². The van der Waals surface area contributed by atoms with Crippen LogP contribution in [0.2, 0.25) is 0 Å². The van der Waals surface area contributed by atoms with E-state index in [-0.39, 0.29) is 11.9 Å². The van der Waals surface area contributed by atoms with Crippen LogP contribution < -0.4 is 0 Å². The first-order chi connectivity index (χ1) is 6.84. The molecule has 8 heteroatoms. The fourth-order valence-electron chi connectivity index (χ4n) is 1.14. The van der Waals surface area contributed by atoms with Gasteiger partial charge < -0.3 is 0 Å². The first-order valence-electron chi connectivity index (χ1n) is 3.68. The molecular formula is C6H2FN7. The van der Waals surface area contributed by atoms with Gasteiger partial charge >= 0.3 is 6.09 Å². The molecule has 0 unspecified atom stereocenters. The molecule has 0 atom stereocenters. The van der Waals surface area contributed by atoms with E-state index in [0.29, 0.717) is 5.96 Å². The molecule has 0 radical (unpaired) electrons. The van der Waals surface area contributed by atoms with Crippen LogP contribution in [0.3, 0.4) is 0 Å². The van der Waals surface area contributed by atoms with Crippen molar-refractivity contribution >= 4 is 36.6 Å². The third-order valence-electron chi connectivity index (χ3n) is 1.68. The number of hydrogen-bond acceptors (Lipinski definition) is 7. The number of halogens is 1. The zero-order chi connectivity index (χ0) is 9.54. The van der Waals surface area contributed by atoms with E-state index in [1.54, 1.807) is 0 Å². The average Bonchev–Trinajstić information content (AvgIpc) is 2.18. The van der Waals surface area contributed by atoms with Gasteiger partial charge in [-0.2, -0.15) is 14.4 Å². The second-order valence-corrected chi connectivity index (χ2v) is 2.48. The van der Waals surface area contributed by atoms with Crippen LogP contribution in [0.1, 0.15) is 0 Å². The lowest BCUT2D eigenvalue weighted by Gasteiger charge is -2.25. The van der Waals surface area contributed by atoms with Gasteiger partial charge in [0.2, 0.25) is 17.9 Å². The lowest BCUT2D eigenvalue weighted by atomic mass is 10.5. The van der Waals surface area contributed by atoms with Crippen LogP contribution in [-0.4, -0.2) is 41.5 Å². The van der Waals surface area contributed by atoms with Crippen molar-refractivity contribution in [2.75, 3.05) is 0 Å². The van der Waals surface area contributed by atoms with Gasteiger partial charge in [0.05, 0.1) is 0 Å².